The van der Waals surface area contributed by atoms with E-state index in [9.17, 15) is 4.79 Å². The van der Waals surface area contributed by atoms with Gasteiger partial charge in [0.15, 0.2) is 5.78 Å². The Kier molecular flexibility index (Phi) is 1.88. The van der Waals surface area contributed by atoms with Gasteiger partial charge in [0.2, 0.25) is 0 Å². The van der Waals surface area contributed by atoms with Gasteiger partial charge in [-0.2, -0.15) is 0 Å². The fraction of sp³-hybridized carbons (Fsp3) is 0.571. The van der Waals surface area contributed by atoms with E-state index in [1.54, 1.807) is 6.08 Å². The van der Waals surface area contributed by atoms with E-state index in [1.807, 2.05) is 0 Å². The molecule has 1 fully saturated rings. The van der Waals surface area contributed by atoms with Gasteiger partial charge < -0.3 is 4.74 Å². The van der Waals surface area contributed by atoms with Crippen molar-refractivity contribution in [1.29, 1.82) is 0 Å². The number of rotatable bonds is 1. The Hall–Kier alpha value is -0.790. The van der Waals surface area contributed by atoms with Crippen molar-refractivity contribution in [3.05, 3.63) is 11.8 Å². The third-order valence-electron chi connectivity index (χ3n) is 1.22. The molecule has 0 amide bonds. The van der Waals surface area contributed by atoms with Crippen LogP contribution >= 0.6 is 0 Å². The Morgan fingerprint density at radius 3 is 3.00 bits per heavy atom. The molecular formula is C7H10O2. The van der Waals surface area contributed by atoms with Gasteiger partial charge in [-0.15, -0.1) is 0 Å². The topological polar surface area (TPSA) is 26.3 Å². The molecular weight excluding hydrogens is 116 g/mol. The number of hydrogen-bond donors (Lipinski definition) is 0. The van der Waals surface area contributed by atoms with Gasteiger partial charge in [0.25, 0.3) is 0 Å². The number of ketones is 1. The highest BCUT2D eigenvalue weighted by atomic mass is 16.5. The zero-order valence-corrected chi connectivity index (χ0v) is 5.52. The number of allylic oxidation sites excluding steroid dienone is 2. The molecule has 0 spiro atoms. The zero-order chi connectivity index (χ0) is 6.69. The van der Waals surface area contributed by atoms with Crippen LogP contribution < -0.4 is 0 Å². The summed E-state index contributed by atoms with van der Waals surface area (Å²) in [7, 11) is 0. The van der Waals surface area contributed by atoms with Gasteiger partial charge in [0, 0.05) is 12.5 Å². The predicted octanol–water partition coefficient (Wildman–Crippen LogP) is 1.27. The lowest BCUT2D eigenvalue weighted by Gasteiger charge is -1.93. The van der Waals surface area contributed by atoms with Crippen molar-refractivity contribution in [3.63, 3.8) is 0 Å². The number of ether oxygens (including phenoxy) is 1. The first-order valence-corrected chi connectivity index (χ1v) is 3.13. The molecule has 0 N–H and O–H groups in total. The molecule has 2 nitrogen and oxygen atoms in total. The van der Waals surface area contributed by atoms with Crippen LogP contribution in [0.3, 0.4) is 0 Å². The smallest absolute Gasteiger partial charge is 0.155 e. The van der Waals surface area contributed by atoms with Crippen molar-refractivity contribution in [1.82, 2.24) is 0 Å². The molecule has 0 aromatic rings. The summed E-state index contributed by atoms with van der Waals surface area (Å²) in [6, 6.07) is 0. The maximum Gasteiger partial charge on any atom is 0.155 e. The normalized spacial score (nSPS) is 22.1. The summed E-state index contributed by atoms with van der Waals surface area (Å²) in [6.07, 6.45) is 3.55. The maximum atomic E-state index is 10.4. The fourth-order valence-corrected chi connectivity index (χ4v) is 0.862. The highest BCUT2D eigenvalue weighted by molar-refractivity contribution is 5.87. The SMILES string of the molecule is CC(=O)/C=C1\CCCO1. The standard InChI is InChI=1S/C7H10O2/c1-6(8)5-7-3-2-4-9-7/h5H,2-4H2,1H3/b7-5+. The van der Waals surface area contributed by atoms with Crippen LogP contribution in [0.2, 0.25) is 0 Å². The van der Waals surface area contributed by atoms with E-state index in [4.69, 9.17) is 4.74 Å². The van der Waals surface area contributed by atoms with E-state index in [0.29, 0.717) is 0 Å². The molecule has 1 aliphatic heterocycles. The van der Waals surface area contributed by atoms with Crippen LogP contribution in [0.4, 0.5) is 0 Å². The van der Waals surface area contributed by atoms with E-state index in [-0.39, 0.29) is 5.78 Å². The molecule has 0 atom stereocenters. The van der Waals surface area contributed by atoms with Crippen LogP contribution in [0.25, 0.3) is 0 Å². The molecule has 2 heteroatoms. The lowest BCUT2D eigenvalue weighted by Crippen LogP contribution is -1.86. The Balaban J connectivity index is 2.49. The molecule has 0 aliphatic carbocycles. The summed E-state index contributed by atoms with van der Waals surface area (Å²) >= 11 is 0. The number of hydrogen-bond acceptors (Lipinski definition) is 2. The number of carbonyl (C=O) groups is 1. The second kappa shape index (κ2) is 2.67. The Bertz CT molecular complexity index is 139. The number of carbonyl (C=O) groups excluding carboxylic acids is 1. The maximum absolute atomic E-state index is 10.4. The van der Waals surface area contributed by atoms with Gasteiger partial charge >= 0.3 is 0 Å². The largest absolute Gasteiger partial charge is 0.498 e. The second-order valence-electron chi connectivity index (χ2n) is 2.17. The first-order chi connectivity index (χ1) is 4.29. The third-order valence-corrected chi connectivity index (χ3v) is 1.22. The van der Waals surface area contributed by atoms with Crippen molar-refractivity contribution in [2.24, 2.45) is 0 Å². The summed E-state index contributed by atoms with van der Waals surface area (Å²) in [4.78, 5) is 10.4. The molecule has 0 saturated carbocycles. The first kappa shape index (κ1) is 6.33. The Labute approximate surface area is 54.5 Å². The van der Waals surface area contributed by atoms with Crippen molar-refractivity contribution in [2.75, 3.05) is 6.61 Å². The van der Waals surface area contributed by atoms with Gasteiger partial charge in [0.05, 0.1) is 12.4 Å². The van der Waals surface area contributed by atoms with Crippen LogP contribution in [0, 0.1) is 0 Å². The van der Waals surface area contributed by atoms with E-state index < -0.39 is 0 Å². The van der Waals surface area contributed by atoms with E-state index in [2.05, 4.69) is 0 Å². The Morgan fingerprint density at radius 2 is 2.56 bits per heavy atom. The summed E-state index contributed by atoms with van der Waals surface area (Å²) in [5.74, 6) is 0.925. The quantitative estimate of drug-likeness (QED) is 0.494. The Morgan fingerprint density at radius 1 is 1.78 bits per heavy atom. The van der Waals surface area contributed by atoms with E-state index in [0.717, 1.165) is 25.2 Å². The lowest BCUT2D eigenvalue weighted by atomic mass is 10.3. The molecule has 0 radical (unpaired) electrons. The minimum absolute atomic E-state index is 0.0758. The second-order valence-corrected chi connectivity index (χ2v) is 2.17. The molecule has 0 unspecified atom stereocenters. The summed E-state index contributed by atoms with van der Waals surface area (Å²) < 4.78 is 5.10. The van der Waals surface area contributed by atoms with Crippen LogP contribution in [-0.2, 0) is 9.53 Å². The summed E-state index contributed by atoms with van der Waals surface area (Å²) in [5, 5.41) is 0. The lowest BCUT2D eigenvalue weighted by molar-refractivity contribution is -0.112. The molecule has 0 bridgehead atoms. The molecule has 50 valence electrons. The minimum Gasteiger partial charge on any atom is -0.498 e. The molecule has 0 aromatic heterocycles. The molecule has 0 aromatic carbocycles. The van der Waals surface area contributed by atoms with E-state index >= 15 is 0 Å². The zero-order valence-electron chi connectivity index (χ0n) is 5.52. The van der Waals surface area contributed by atoms with Crippen LogP contribution in [0.15, 0.2) is 11.8 Å². The van der Waals surface area contributed by atoms with Crippen molar-refractivity contribution in [3.8, 4) is 0 Å². The summed E-state index contributed by atoms with van der Waals surface area (Å²) in [6.45, 7) is 2.31. The highest BCUT2D eigenvalue weighted by Crippen LogP contribution is 2.14. The van der Waals surface area contributed by atoms with Gasteiger partial charge in [-0.1, -0.05) is 0 Å². The van der Waals surface area contributed by atoms with Gasteiger partial charge in [-0.05, 0) is 13.3 Å². The molecule has 1 saturated heterocycles. The average molecular weight is 126 g/mol. The van der Waals surface area contributed by atoms with Gasteiger partial charge in [0.1, 0.15) is 0 Å². The third kappa shape index (κ3) is 1.88. The van der Waals surface area contributed by atoms with Crippen molar-refractivity contribution >= 4 is 5.78 Å². The monoisotopic (exact) mass is 126 g/mol. The fourth-order valence-electron chi connectivity index (χ4n) is 0.862. The van der Waals surface area contributed by atoms with Gasteiger partial charge in [-0.3, -0.25) is 4.79 Å². The van der Waals surface area contributed by atoms with Crippen LogP contribution in [-0.4, -0.2) is 12.4 Å². The minimum atomic E-state index is 0.0758. The van der Waals surface area contributed by atoms with Crippen molar-refractivity contribution in [2.45, 2.75) is 19.8 Å². The highest BCUT2D eigenvalue weighted by Gasteiger charge is 2.06. The van der Waals surface area contributed by atoms with Crippen LogP contribution in [0.1, 0.15) is 19.8 Å². The molecule has 1 aliphatic rings. The molecule has 9 heavy (non-hydrogen) atoms. The van der Waals surface area contributed by atoms with Gasteiger partial charge in [-0.25, -0.2) is 0 Å². The first-order valence-electron chi connectivity index (χ1n) is 3.13. The van der Waals surface area contributed by atoms with Crippen molar-refractivity contribution < 1.29 is 9.53 Å². The molecule has 1 rings (SSSR count). The molecule has 1 heterocycles. The average Bonchev–Trinajstić information content (AvgIpc) is 2.15. The van der Waals surface area contributed by atoms with Crippen LogP contribution in [0.5, 0.6) is 0 Å². The predicted molar refractivity (Wildman–Crippen MR) is 33.9 cm³/mol. The van der Waals surface area contributed by atoms with E-state index in [1.165, 1.54) is 6.92 Å². The summed E-state index contributed by atoms with van der Waals surface area (Å²) in [5.41, 5.74) is 0.